The summed E-state index contributed by atoms with van der Waals surface area (Å²) in [7, 11) is 0. The Morgan fingerprint density at radius 3 is 2.58 bits per heavy atom. The number of ether oxygens (including phenoxy) is 1. The van der Waals surface area contributed by atoms with E-state index in [2.05, 4.69) is 10.6 Å². The minimum Gasteiger partial charge on any atom is -0.494 e. The lowest BCUT2D eigenvalue weighted by Gasteiger charge is -2.19. The van der Waals surface area contributed by atoms with Gasteiger partial charge < -0.3 is 20.5 Å². The van der Waals surface area contributed by atoms with Gasteiger partial charge in [0.1, 0.15) is 5.75 Å². The van der Waals surface area contributed by atoms with E-state index in [0.717, 1.165) is 22.6 Å². The van der Waals surface area contributed by atoms with Gasteiger partial charge in [0.05, 0.1) is 12.6 Å². The summed E-state index contributed by atoms with van der Waals surface area (Å²) in [5.41, 5.74) is 2.62. The number of rotatable bonds is 7. The van der Waals surface area contributed by atoms with Crippen LogP contribution in [0, 0.1) is 6.92 Å². The fourth-order valence-electron chi connectivity index (χ4n) is 2.49. The van der Waals surface area contributed by atoms with E-state index in [-0.39, 0.29) is 18.7 Å². The molecule has 0 radical (unpaired) electrons. The van der Waals surface area contributed by atoms with E-state index in [1.54, 1.807) is 0 Å². The Balaban J connectivity index is 2.03. The van der Waals surface area contributed by atoms with Crippen LogP contribution in [0.3, 0.4) is 0 Å². The van der Waals surface area contributed by atoms with Crippen LogP contribution in [0.2, 0.25) is 0 Å². The van der Waals surface area contributed by atoms with E-state index in [9.17, 15) is 9.90 Å². The molecule has 0 bridgehead atoms. The predicted molar refractivity (Wildman–Crippen MR) is 95.4 cm³/mol. The lowest BCUT2D eigenvalue weighted by atomic mass is 10.0. The third-order valence-electron chi connectivity index (χ3n) is 3.68. The molecule has 1 atom stereocenters. The fraction of sp³-hybridized carbons (Fsp3) is 0.316. The lowest BCUT2D eigenvalue weighted by molar-refractivity contribution is 0.239. The Morgan fingerprint density at radius 2 is 1.96 bits per heavy atom. The molecule has 2 rings (SSSR count). The summed E-state index contributed by atoms with van der Waals surface area (Å²) in [4.78, 5) is 12.3. The molecule has 3 N–H and O–H groups in total. The molecule has 0 heterocycles. The molecule has 2 aromatic rings. The van der Waals surface area contributed by atoms with Crippen LogP contribution in [0.25, 0.3) is 0 Å². The topological polar surface area (TPSA) is 70.6 Å². The highest BCUT2D eigenvalue weighted by atomic mass is 16.5. The lowest BCUT2D eigenvalue weighted by Crippen LogP contribution is -2.33. The highest BCUT2D eigenvalue weighted by Gasteiger charge is 2.14. The first-order valence-electron chi connectivity index (χ1n) is 8.10. The minimum absolute atomic E-state index is 0.00191. The smallest absolute Gasteiger partial charge is 0.319 e. The van der Waals surface area contributed by atoms with Crippen molar-refractivity contribution in [2.24, 2.45) is 0 Å². The zero-order chi connectivity index (χ0) is 17.4. The summed E-state index contributed by atoms with van der Waals surface area (Å²) in [5.74, 6) is 0.781. The molecule has 24 heavy (non-hydrogen) atoms. The fourth-order valence-corrected chi connectivity index (χ4v) is 2.49. The zero-order valence-electron chi connectivity index (χ0n) is 14.1. The molecule has 0 fully saturated rings. The van der Waals surface area contributed by atoms with E-state index >= 15 is 0 Å². The van der Waals surface area contributed by atoms with Crippen molar-refractivity contribution in [3.8, 4) is 5.75 Å². The number of aliphatic hydroxyl groups excluding tert-OH is 1. The molecular weight excluding hydrogens is 304 g/mol. The summed E-state index contributed by atoms with van der Waals surface area (Å²) in [6.45, 7) is 4.45. The SMILES string of the molecule is CCOc1ccc(NC(=O)N[C@H](CCO)c2ccccc2)c(C)c1. The van der Waals surface area contributed by atoms with Gasteiger partial charge in [-0.15, -0.1) is 0 Å². The maximum absolute atomic E-state index is 12.3. The van der Waals surface area contributed by atoms with Gasteiger partial charge in [-0.05, 0) is 49.6 Å². The van der Waals surface area contributed by atoms with Crippen molar-refractivity contribution in [3.63, 3.8) is 0 Å². The maximum Gasteiger partial charge on any atom is 0.319 e. The number of benzene rings is 2. The van der Waals surface area contributed by atoms with Crippen LogP contribution in [0.5, 0.6) is 5.75 Å². The molecule has 2 amide bonds. The average molecular weight is 328 g/mol. The second kappa shape index (κ2) is 8.93. The van der Waals surface area contributed by atoms with Gasteiger partial charge in [-0.1, -0.05) is 30.3 Å². The van der Waals surface area contributed by atoms with Crippen LogP contribution in [0.15, 0.2) is 48.5 Å². The second-order valence-electron chi connectivity index (χ2n) is 5.48. The molecule has 0 aromatic heterocycles. The molecule has 0 aliphatic heterocycles. The molecule has 5 nitrogen and oxygen atoms in total. The highest BCUT2D eigenvalue weighted by Crippen LogP contribution is 2.22. The Hall–Kier alpha value is -2.53. The van der Waals surface area contributed by atoms with Gasteiger partial charge >= 0.3 is 6.03 Å². The van der Waals surface area contributed by atoms with Crippen molar-refractivity contribution in [1.29, 1.82) is 0 Å². The number of amides is 2. The molecule has 2 aromatic carbocycles. The van der Waals surface area contributed by atoms with Crippen LogP contribution < -0.4 is 15.4 Å². The first-order chi connectivity index (χ1) is 11.6. The summed E-state index contributed by atoms with van der Waals surface area (Å²) >= 11 is 0. The third kappa shape index (κ3) is 4.99. The van der Waals surface area contributed by atoms with Crippen molar-refractivity contribution in [1.82, 2.24) is 5.32 Å². The summed E-state index contributed by atoms with van der Waals surface area (Å²) < 4.78 is 5.44. The van der Waals surface area contributed by atoms with Crippen molar-refractivity contribution >= 4 is 11.7 Å². The molecule has 0 saturated heterocycles. The second-order valence-corrected chi connectivity index (χ2v) is 5.48. The number of hydrogen-bond acceptors (Lipinski definition) is 3. The average Bonchev–Trinajstić information content (AvgIpc) is 2.58. The van der Waals surface area contributed by atoms with Crippen LogP contribution in [-0.2, 0) is 0 Å². The number of aryl methyl sites for hydroxylation is 1. The number of hydrogen-bond donors (Lipinski definition) is 3. The van der Waals surface area contributed by atoms with Gasteiger partial charge in [0.2, 0.25) is 0 Å². The molecule has 5 heteroatoms. The van der Waals surface area contributed by atoms with E-state index < -0.39 is 0 Å². The molecule has 0 saturated carbocycles. The number of carbonyl (C=O) groups is 1. The summed E-state index contributed by atoms with van der Waals surface area (Å²) in [6, 6.07) is 14.6. The standard InChI is InChI=1S/C19H24N2O3/c1-3-24-16-9-10-17(14(2)13-16)20-19(23)21-18(11-12-22)15-7-5-4-6-8-15/h4-10,13,18,22H,3,11-12H2,1-2H3,(H2,20,21,23)/t18-/m1/s1. The maximum atomic E-state index is 12.3. The predicted octanol–water partition coefficient (Wildman–Crippen LogP) is 3.64. The Bertz CT molecular complexity index is 659. The number of aliphatic hydroxyl groups is 1. The normalized spacial score (nSPS) is 11.6. The molecule has 0 aliphatic rings. The third-order valence-corrected chi connectivity index (χ3v) is 3.68. The van der Waals surface area contributed by atoms with E-state index in [1.807, 2.05) is 62.4 Å². The first-order valence-corrected chi connectivity index (χ1v) is 8.10. The number of anilines is 1. The molecule has 0 spiro atoms. The largest absolute Gasteiger partial charge is 0.494 e. The van der Waals surface area contributed by atoms with Crippen LogP contribution >= 0.6 is 0 Å². The number of carbonyl (C=O) groups excluding carboxylic acids is 1. The van der Waals surface area contributed by atoms with Crippen LogP contribution in [-0.4, -0.2) is 24.4 Å². The molecule has 0 unspecified atom stereocenters. The van der Waals surface area contributed by atoms with Gasteiger partial charge in [-0.25, -0.2) is 4.79 Å². The van der Waals surface area contributed by atoms with E-state index in [4.69, 9.17) is 4.74 Å². The van der Waals surface area contributed by atoms with Crippen molar-refractivity contribution < 1.29 is 14.6 Å². The van der Waals surface area contributed by atoms with Gasteiger partial charge in [0, 0.05) is 12.3 Å². The van der Waals surface area contributed by atoms with E-state index in [1.165, 1.54) is 0 Å². The van der Waals surface area contributed by atoms with Crippen molar-refractivity contribution in [3.05, 3.63) is 59.7 Å². The summed E-state index contributed by atoms with van der Waals surface area (Å²) in [6.07, 6.45) is 0.458. The Kier molecular flexibility index (Phi) is 6.63. The van der Waals surface area contributed by atoms with Gasteiger partial charge in [0.15, 0.2) is 0 Å². The van der Waals surface area contributed by atoms with Crippen molar-refractivity contribution in [2.45, 2.75) is 26.3 Å². The Labute approximate surface area is 142 Å². The van der Waals surface area contributed by atoms with Gasteiger partial charge in [-0.3, -0.25) is 0 Å². The van der Waals surface area contributed by atoms with Crippen LogP contribution in [0.4, 0.5) is 10.5 Å². The zero-order valence-corrected chi connectivity index (χ0v) is 14.1. The first kappa shape index (κ1) is 17.8. The van der Waals surface area contributed by atoms with Gasteiger partial charge in [0.25, 0.3) is 0 Å². The summed E-state index contributed by atoms with van der Waals surface area (Å²) in [5, 5.41) is 15.0. The quantitative estimate of drug-likeness (QED) is 0.727. The minimum atomic E-state index is -0.301. The number of nitrogens with one attached hydrogen (secondary N) is 2. The monoisotopic (exact) mass is 328 g/mol. The molecule has 128 valence electrons. The molecule has 0 aliphatic carbocycles. The molecular formula is C19H24N2O3. The van der Waals surface area contributed by atoms with Gasteiger partial charge in [-0.2, -0.15) is 0 Å². The number of urea groups is 1. The van der Waals surface area contributed by atoms with Crippen LogP contribution in [0.1, 0.15) is 30.5 Å². The highest BCUT2D eigenvalue weighted by molar-refractivity contribution is 5.90. The van der Waals surface area contributed by atoms with E-state index in [0.29, 0.717) is 13.0 Å². The van der Waals surface area contributed by atoms with Crippen molar-refractivity contribution in [2.75, 3.05) is 18.5 Å². The Morgan fingerprint density at radius 1 is 1.21 bits per heavy atom.